The van der Waals surface area contributed by atoms with Gasteiger partial charge in [0.25, 0.3) is 5.91 Å². The molecule has 1 aromatic heterocycles. The minimum Gasteiger partial charge on any atom is -0.351 e. The van der Waals surface area contributed by atoms with Gasteiger partial charge in [0, 0.05) is 17.9 Å². The molecule has 0 unspecified atom stereocenters. The van der Waals surface area contributed by atoms with Crippen LogP contribution in [0.25, 0.3) is 0 Å². The lowest BCUT2D eigenvalue weighted by molar-refractivity contribution is 0.0948. The molecule has 110 valence electrons. The minimum absolute atomic E-state index is 0.172. The van der Waals surface area contributed by atoms with Crippen molar-refractivity contribution in [2.45, 2.75) is 27.2 Å². The Morgan fingerprint density at radius 3 is 2.71 bits per heavy atom. The van der Waals surface area contributed by atoms with Crippen molar-refractivity contribution in [3.8, 4) is 0 Å². The summed E-state index contributed by atoms with van der Waals surface area (Å²) >= 11 is 0. The van der Waals surface area contributed by atoms with Gasteiger partial charge in [-0.15, -0.1) is 0 Å². The largest absolute Gasteiger partial charge is 0.351 e. The van der Waals surface area contributed by atoms with E-state index in [1.165, 1.54) is 0 Å². The molecule has 0 radical (unpaired) electrons. The summed E-state index contributed by atoms with van der Waals surface area (Å²) < 4.78 is 0. The van der Waals surface area contributed by atoms with Crippen LogP contribution in [0, 0.1) is 13.8 Å². The van der Waals surface area contributed by atoms with Crippen LogP contribution in [0.4, 0.5) is 11.6 Å². The molecule has 0 saturated heterocycles. The first-order chi connectivity index (χ1) is 10.1. The third kappa shape index (κ3) is 4.27. The molecule has 0 bridgehead atoms. The van der Waals surface area contributed by atoms with E-state index in [2.05, 4.69) is 20.6 Å². The Labute approximate surface area is 124 Å². The van der Waals surface area contributed by atoms with Crippen LogP contribution in [-0.4, -0.2) is 22.4 Å². The first kappa shape index (κ1) is 15.0. The third-order valence-electron chi connectivity index (χ3n) is 2.90. The summed E-state index contributed by atoms with van der Waals surface area (Å²) in [4.78, 5) is 20.6. The zero-order chi connectivity index (χ0) is 15.2. The van der Waals surface area contributed by atoms with E-state index in [-0.39, 0.29) is 5.91 Å². The quantitative estimate of drug-likeness (QED) is 0.885. The second kappa shape index (κ2) is 6.83. The number of rotatable bonds is 5. The zero-order valence-electron chi connectivity index (χ0n) is 12.6. The fraction of sp³-hybridized carbons (Fsp3) is 0.312. The van der Waals surface area contributed by atoms with E-state index >= 15 is 0 Å². The molecule has 2 rings (SSSR count). The molecule has 0 atom stereocenters. The highest BCUT2D eigenvalue weighted by atomic mass is 16.1. The van der Waals surface area contributed by atoms with Crippen molar-refractivity contribution in [2.75, 3.05) is 11.9 Å². The summed E-state index contributed by atoms with van der Waals surface area (Å²) in [5.74, 6) is 0.261. The topological polar surface area (TPSA) is 66.9 Å². The zero-order valence-corrected chi connectivity index (χ0v) is 12.6. The summed E-state index contributed by atoms with van der Waals surface area (Å²) in [7, 11) is 0. The molecule has 0 fully saturated rings. The number of anilines is 2. The molecule has 0 aliphatic rings. The van der Waals surface area contributed by atoms with Gasteiger partial charge in [-0.3, -0.25) is 4.79 Å². The Balaban J connectivity index is 2.20. The van der Waals surface area contributed by atoms with E-state index in [0.29, 0.717) is 18.2 Å². The average molecular weight is 284 g/mol. The van der Waals surface area contributed by atoms with Gasteiger partial charge >= 0.3 is 0 Å². The van der Waals surface area contributed by atoms with Crippen LogP contribution in [-0.2, 0) is 0 Å². The van der Waals surface area contributed by atoms with Crippen molar-refractivity contribution in [2.24, 2.45) is 0 Å². The van der Waals surface area contributed by atoms with Crippen LogP contribution in [0.3, 0.4) is 0 Å². The summed E-state index contributed by atoms with van der Waals surface area (Å²) in [6, 6.07) is 9.61. The number of benzene rings is 1. The molecule has 5 heteroatoms. The number of amides is 1. The Kier molecular flexibility index (Phi) is 4.87. The highest BCUT2D eigenvalue weighted by Gasteiger charge is 2.10. The average Bonchev–Trinajstić information content (AvgIpc) is 2.44. The predicted octanol–water partition coefficient (Wildman–Crippen LogP) is 2.98. The van der Waals surface area contributed by atoms with E-state index in [1.54, 1.807) is 6.07 Å². The fourth-order valence-electron chi connectivity index (χ4n) is 1.92. The molecule has 0 aliphatic heterocycles. The van der Waals surface area contributed by atoms with Crippen LogP contribution >= 0.6 is 0 Å². The van der Waals surface area contributed by atoms with E-state index in [9.17, 15) is 4.79 Å². The Hall–Kier alpha value is -2.43. The number of hydrogen-bond acceptors (Lipinski definition) is 4. The lowest BCUT2D eigenvalue weighted by Gasteiger charge is -2.09. The highest BCUT2D eigenvalue weighted by Crippen LogP contribution is 2.15. The molecule has 0 spiro atoms. The van der Waals surface area contributed by atoms with E-state index in [0.717, 1.165) is 23.4 Å². The maximum absolute atomic E-state index is 12.0. The van der Waals surface area contributed by atoms with Crippen molar-refractivity contribution >= 4 is 17.5 Å². The molecule has 0 saturated carbocycles. The first-order valence-corrected chi connectivity index (χ1v) is 7.06. The van der Waals surface area contributed by atoms with Gasteiger partial charge in [0.15, 0.2) is 0 Å². The summed E-state index contributed by atoms with van der Waals surface area (Å²) in [5.41, 5.74) is 3.18. The maximum atomic E-state index is 12.0. The molecule has 2 N–H and O–H groups in total. The molecular formula is C16H20N4O. The lowest BCUT2D eigenvalue weighted by Crippen LogP contribution is -2.25. The second-order valence-electron chi connectivity index (χ2n) is 4.97. The van der Waals surface area contributed by atoms with Gasteiger partial charge in [-0.2, -0.15) is 0 Å². The van der Waals surface area contributed by atoms with E-state index in [1.807, 2.05) is 45.0 Å². The van der Waals surface area contributed by atoms with Crippen LogP contribution in [0.5, 0.6) is 0 Å². The van der Waals surface area contributed by atoms with Crippen LogP contribution in [0.2, 0.25) is 0 Å². The first-order valence-electron chi connectivity index (χ1n) is 7.06. The Morgan fingerprint density at radius 2 is 2.00 bits per heavy atom. The van der Waals surface area contributed by atoms with E-state index < -0.39 is 0 Å². The molecule has 21 heavy (non-hydrogen) atoms. The Bertz CT molecular complexity index is 640. The van der Waals surface area contributed by atoms with Gasteiger partial charge in [-0.05, 0) is 44.0 Å². The highest BCUT2D eigenvalue weighted by molar-refractivity contribution is 5.92. The number of hydrogen-bond donors (Lipinski definition) is 2. The van der Waals surface area contributed by atoms with Gasteiger partial charge in [0.1, 0.15) is 5.69 Å². The third-order valence-corrected chi connectivity index (χ3v) is 2.90. The molecule has 1 heterocycles. The molecule has 1 aromatic carbocycles. The smallest absolute Gasteiger partial charge is 0.270 e. The van der Waals surface area contributed by atoms with Crippen LogP contribution < -0.4 is 10.6 Å². The Morgan fingerprint density at radius 1 is 1.19 bits per heavy atom. The predicted molar refractivity (Wildman–Crippen MR) is 83.9 cm³/mol. The summed E-state index contributed by atoms with van der Waals surface area (Å²) in [6.07, 6.45) is 0.893. The number of nitrogens with one attached hydrogen (secondary N) is 2. The van der Waals surface area contributed by atoms with Gasteiger partial charge in [-0.25, -0.2) is 9.97 Å². The van der Waals surface area contributed by atoms with Crippen LogP contribution in [0.1, 0.15) is 35.1 Å². The molecule has 0 aliphatic carbocycles. The summed E-state index contributed by atoms with van der Waals surface area (Å²) in [5, 5.41) is 5.95. The van der Waals surface area contributed by atoms with Crippen molar-refractivity contribution in [3.05, 3.63) is 47.3 Å². The monoisotopic (exact) mass is 284 g/mol. The number of nitrogens with zero attached hydrogens (tertiary/aromatic N) is 2. The number of carbonyl (C=O) groups excluding carboxylic acids is 1. The van der Waals surface area contributed by atoms with Crippen molar-refractivity contribution in [1.29, 1.82) is 0 Å². The van der Waals surface area contributed by atoms with Crippen LogP contribution in [0.15, 0.2) is 30.3 Å². The number of aromatic nitrogens is 2. The molecular weight excluding hydrogens is 264 g/mol. The minimum atomic E-state index is -0.172. The van der Waals surface area contributed by atoms with Crippen molar-refractivity contribution in [3.63, 3.8) is 0 Å². The fourth-order valence-corrected chi connectivity index (χ4v) is 1.92. The maximum Gasteiger partial charge on any atom is 0.270 e. The van der Waals surface area contributed by atoms with Gasteiger partial charge in [0.05, 0.1) is 0 Å². The van der Waals surface area contributed by atoms with E-state index in [4.69, 9.17) is 0 Å². The second-order valence-corrected chi connectivity index (χ2v) is 4.97. The van der Waals surface area contributed by atoms with Gasteiger partial charge < -0.3 is 10.6 Å². The molecule has 5 nitrogen and oxygen atoms in total. The standard InChI is InChI=1S/C16H20N4O/c1-4-8-17-15(21)14-10-12(3)18-16(20-14)19-13-7-5-6-11(2)9-13/h5-7,9-10H,4,8H2,1-3H3,(H,17,21)(H,18,19,20). The number of carbonyl (C=O) groups is 1. The molecule has 2 aromatic rings. The van der Waals surface area contributed by atoms with Gasteiger partial charge in [0.2, 0.25) is 5.95 Å². The van der Waals surface area contributed by atoms with Gasteiger partial charge in [-0.1, -0.05) is 19.1 Å². The number of aryl methyl sites for hydroxylation is 2. The SMILES string of the molecule is CCCNC(=O)c1cc(C)nc(Nc2cccc(C)c2)n1. The van der Waals surface area contributed by atoms with Crippen molar-refractivity contribution in [1.82, 2.24) is 15.3 Å². The lowest BCUT2D eigenvalue weighted by atomic mass is 10.2. The summed E-state index contributed by atoms with van der Waals surface area (Å²) in [6.45, 7) is 6.52. The van der Waals surface area contributed by atoms with Crippen molar-refractivity contribution < 1.29 is 4.79 Å². The normalized spacial score (nSPS) is 10.2. The molecule has 1 amide bonds.